The first kappa shape index (κ1) is 19.3. The Morgan fingerprint density at radius 3 is 2.63 bits per heavy atom. The first-order valence-electron chi connectivity index (χ1n) is 9.82. The molecule has 0 bridgehead atoms. The molecule has 0 unspecified atom stereocenters. The van der Waals surface area contributed by atoms with Gasteiger partial charge in [-0.2, -0.15) is 0 Å². The Hall–Kier alpha value is -2.66. The zero-order valence-electron chi connectivity index (χ0n) is 16.2. The fourth-order valence-electron chi connectivity index (χ4n) is 3.74. The van der Waals surface area contributed by atoms with Gasteiger partial charge in [0.05, 0.1) is 17.3 Å². The van der Waals surface area contributed by atoms with Gasteiger partial charge in [-0.1, -0.05) is 35.3 Å². The van der Waals surface area contributed by atoms with Crippen molar-refractivity contribution in [2.75, 3.05) is 6.54 Å². The van der Waals surface area contributed by atoms with Crippen LogP contribution in [0.25, 0.3) is 22.7 Å². The molecule has 5 rings (SSSR count). The van der Waals surface area contributed by atoms with Crippen LogP contribution in [0.2, 0.25) is 10.0 Å². The Kier molecular flexibility index (Phi) is 5.30. The highest BCUT2D eigenvalue weighted by Crippen LogP contribution is 2.30. The minimum absolute atomic E-state index is 0.693. The molecule has 1 aliphatic heterocycles. The number of fused-ring (bicyclic) bond motifs is 1. The fraction of sp³-hybridized carbons (Fsp3) is 0.167. The Bertz CT molecular complexity index is 1190. The van der Waals surface area contributed by atoms with Gasteiger partial charge in [0.15, 0.2) is 5.82 Å². The number of benzene rings is 2. The average molecular weight is 436 g/mol. The quantitative estimate of drug-likeness (QED) is 0.378. The predicted molar refractivity (Wildman–Crippen MR) is 119 cm³/mol. The van der Waals surface area contributed by atoms with Gasteiger partial charge in [-0.3, -0.25) is 4.90 Å². The summed E-state index contributed by atoms with van der Waals surface area (Å²) in [4.78, 5) is 11.7. The van der Waals surface area contributed by atoms with Gasteiger partial charge in [0, 0.05) is 47.4 Å². The Balaban J connectivity index is 1.30. The second-order valence-corrected chi connectivity index (χ2v) is 8.22. The van der Waals surface area contributed by atoms with E-state index in [4.69, 9.17) is 32.6 Å². The molecule has 0 N–H and O–H groups in total. The highest BCUT2D eigenvalue weighted by molar-refractivity contribution is 6.33. The Morgan fingerprint density at radius 2 is 1.80 bits per heavy atom. The van der Waals surface area contributed by atoms with Gasteiger partial charge in [-0.05, 0) is 48.5 Å². The van der Waals surface area contributed by atoms with Gasteiger partial charge >= 0.3 is 0 Å². The van der Waals surface area contributed by atoms with Crippen LogP contribution < -0.4 is 0 Å². The van der Waals surface area contributed by atoms with Crippen molar-refractivity contribution in [2.24, 2.45) is 0 Å². The Morgan fingerprint density at radius 1 is 0.967 bits per heavy atom. The van der Waals surface area contributed by atoms with E-state index in [1.807, 2.05) is 66.9 Å². The lowest BCUT2D eigenvalue weighted by Crippen LogP contribution is -2.30. The van der Waals surface area contributed by atoms with Crippen LogP contribution in [-0.2, 0) is 19.5 Å². The van der Waals surface area contributed by atoms with Crippen molar-refractivity contribution in [1.29, 1.82) is 0 Å². The minimum Gasteiger partial charge on any atom is -0.460 e. The van der Waals surface area contributed by atoms with E-state index in [-0.39, 0.29) is 0 Å². The first-order chi connectivity index (χ1) is 14.7. The minimum atomic E-state index is 0.693. The number of nitrogens with zero attached hydrogens (tertiary/aromatic N) is 3. The summed E-state index contributed by atoms with van der Waals surface area (Å²) in [6, 6.07) is 19.4. The topological polar surface area (TPSA) is 42.2 Å². The zero-order valence-corrected chi connectivity index (χ0v) is 17.7. The van der Waals surface area contributed by atoms with E-state index in [1.54, 1.807) is 0 Å². The van der Waals surface area contributed by atoms with Crippen molar-refractivity contribution >= 4 is 23.2 Å². The molecule has 0 saturated heterocycles. The molecule has 0 amide bonds. The van der Waals surface area contributed by atoms with E-state index in [9.17, 15) is 0 Å². The third-order valence-corrected chi connectivity index (χ3v) is 5.88. The van der Waals surface area contributed by atoms with E-state index in [0.29, 0.717) is 10.0 Å². The molecule has 150 valence electrons. The summed E-state index contributed by atoms with van der Waals surface area (Å²) in [5, 5.41) is 1.40. The van der Waals surface area contributed by atoms with E-state index in [2.05, 4.69) is 9.88 Å². The fourth-order valence-corrected chi connectivity index (χ4v) is 4.09. The van der Waals surface area contributed by atoms with Crippen molar-refractivity contribution in [3.63, 3.8) is 0 Å². The second-order valence-electron chi connectivity index (χ2n) is 7.38. The lowest BCUT2D eigenvalue weighted by molar-refractivity contribution is 0.224. The molecule has 0 saturated carbocycles. The third kappa shape index (κ3) is 3.99. The molecule has 0 atom stereocenters. The van der Waals surface area contributed by atoms with Crippen LogP contribution >= 0.6 is 23.2 Å². The normalized spacial score (nSPS) is 13.9. The van der Waals surface area contributed by atoms with E-state index in [0.717, 1.165) is 65.8 Å². The Labute approximate surface area is 185 Å². The molecular weight excluding hydrogens is 417 g/mol. The smallest absolute Gasteiger partial charge is 0.159 e. The molecule has 0 radical (unpaired) electrons. The molecule has 3 heterocycles. The number of hydrogen-bond acceptors (Lipinski definition) is 4. The maximum Gasteiger partial charge on any atom is 0.159 e. The van der Waals surface area contributed by atoms with Crippen molar-refractivity contribution in [2.45, 2.75) is 19.5 Å². The van der Waals surface area contributed by atoms with Gasteiger partial charge in [0.2, 0.25) is 0 Å². The summed E-state index contributed by atoms with van der Waals surface area (Å²) in [7, 11) is 0. The summed E-state index contributed by atoms with van der Waals surface area (Å²) in [5.74, 6) is 2.46. The van der Waals surface area contributed by atoms with Crippen LogP contribution in [0.5, 0.6) is 0 Å². The molecular formula is C24H19Cl2N3O. The van der Waals surface area contributed by atoms with Crippen LogP contribution in [0.4, 0.5) is 0 Å². The lowest BCUT2D eigenvalue weighted by atomic mass is 10.1. The zero-order chi connectivity index (χ0) is 20.5. The van der Waals surface area contributed by atoms with Crippen molar-refractivity contribution in [1.82, 2.24) is 14.9 Å². The molecule has 30 heavy (non-hydrogen) atoms. The summed E-state index contributed by atoms with van der Waals surface area (Å²) < 4.78 is 6.06. The largest absolute Gasteiger partial charge is 0.460 e. The van der Waals surface area contributed by atoms with E-state index in [1.165, 1.54) is 0 Å². The number of rotatable bonds is 4. The van der Waals surface area contributed by atoms with Crippen LogP contribution in [0.3, 0.4) is 0 Å². The predicted octanol–water partition coefficient (Wildman–Crippen LogP) is 6.27. The molecule has 2 aromatic carbocycles. The van der Waals surface area contributed by atoms with Gasteiger partial charge in [0.1, 0.15) is 11.5 Å². The van der Waals surface area contributed by atoms with Crippen LogP contribution in [-0.4, -0.2) is 21.4 Å². The van der Waals surface area contributed by atoms with E-state index >= 15 is 0 Å². The molecule has 4 aromatic rings. The summed E-state index contributed by atoms with van der Waals surface area (Å²) in [5.41, 5.74) is 4.17. The van der Waals surface area contributed by atoms with Crippen molar-refractivity contribution in [3.8, 4) is 22.7 Å². The standard InChI is InChI=1S/C24H19Cl2N3O/c25-18-7-5-16(6-8-18)24-27-13-17-14-29(12-11-22(17)28-24)15-19-9-10-23(30-19)20-3-1-2-4-21(20)26/h1-10,13H,11-12,14-15H2. The molecule has 0 spiro atoms. The molecule has 6 heteroatoms. The number of aromatic nitrogens is 2. The summed E-state index contributed by atoms with van der Waals surface area (Å²) in [6.45, 7) is 2.47. The third-order valence-electron chi connectivity index (χ3n) is 5.30. The molecule has 0 aliphatic carbocycles. The van der Waals surface area contributed by atoms with Gasteiger partial charge in [-0.15, -0.1) is 0 Å². The molecule has 0 fully saturated rings. The van der Waals surface area contributed by atoms with Gasteiger partial charge in [0.25, 0.3) is 0 Å². The first-order valence-corrected chi connectivity index (χ1v) is 10.6. The second kappa shape index (κ2) is 8.23. The van der Waals surface area contributed by atoms with Crippen LogP contribution in [0, 0.1) is 0 Å². The summed E-state index contributed by atoms with van der Waals surface area (Å²) in [6.07, 6.45) is 2.83. The maximum absolute atomic E-state index is 6.29. The molecule has 4 nitrogen and oxygen atoms in total. The average Bonchev–Trinajstić information content (AvgIpc) is 3.22. The van der Waals surface area contributed by atoms with Gasteiger partial charge in [-0.25, -0.2) is 9.97 Å². The SMILES string of the molecule is Clc1ccc(-c2ncc3c(n2)CCN(Cc2ccc(-c4ccccc4Cl)o2)C3)cc1. The maximum atomic E-state index is 6.29. The monoisotopic (exact) mass is 435 g/mol. The molecule has 2 aromatic heterocycles. The summed E-state index contributed by atoms with van der Waals surface area (Å²) >= 11 is 12.3. The number of halogens is 2. The highest BCUT2D eigenvalue weighted by atomic mass is 35.5. The van der Waals surface area contributed by atoms with Crippen LogP contribution in [0.15, 0.2) is 71.3 Å². The van der Waals surface area contributed by atoms with Crippen molar-refractivity contribution < 1.29 is 4.42 Å². The molecule has 1 aliphatic rings. The van der Waals surface area contributed by atoms with Crippen LogP contribution in [0.1, 0.15) is 17.0 Å². The van der Waals surface area contributed by atoms with Crippen molar-refractivity contribution in [3.05, 3.63) is 93.9 Å². The highest BCUT2D eigenvalue weighted by Gasteiger charge is 2.20. The number of furan rings is 1. The van der Waals surface area contributed by atoms with Gasteiger partial charge < -0.3 is 4.42 Å². The van der Waals surface area contributed by atoms with E-state index < -0.39 is 0 Å². The lowest BCUT2D eigenvalue weighted by Gasteiger charge is -2.27. The number of hydrogen-bond donors (Lipinski definition) is 0.